The normalized spacial score (nSPS) is 16.0. The molecular weight excluding hydrogens is 264 g/mol. The Balaban J connectivity index is 1.74. The summed E-state index contributed by atoms with van der Waals surface area (Å²) < 4.78 is 5.96. The van der Waals surface area contributed by atoms with Crippen LogP contribution in [0.1, 0.15) is 25.7 Å². The predicted octanol–water partition coefficient (Wildman–Crippen LogP) is 4.13. The number of benzene rings is 2. The van der Waals surface area contributed by atoms with E-state index in [4.69, 9.17) is 9.84 Å². The summed E-state index contributed by atoms with van der Waals surface area (Å²) in [4.78, 5) is 11.0. The van der Waals surface area contributed by atoms with Crippen LogP contribution >= 0.6 is 0 Å². The molecule has 2 aromatic rings. The van der Waals surface area contributed by atoms with Gasteiger partial charge in [0, 0.05) is 0 Å². The first-order chi connectivity index (χ1) is 10.2. The number of ether oxygens (including phenoxy) is 1. The molecule has 0 aromatic heterocycles. The molecule has 21 heavy (non-hydrogen) atoms. The van der Waals surface area contributed by atoms with Crippen molar-refractivity contribution in [1.29, 1.82) is 0 Å². The van der Waals surface area contributed by atoms with Crippen LogP contribution in [-0.4, -0.2) is 16.7 Å². The lowest BCUT2D eigenvalue weighted by Crippen LogP contribution is -2.45. The Kier molecular flexibility index (Phi) is 3.65. The van der Waals surface area contributed by atoms with Crippen LogP contribution in [0.2, 0.25) is 0 Å². The third kappa shape index (κ3) is 3.07. The molecule has 1 N–H and O–H groups in total. The van der Waals surface area contributed by atoms with Crippen LogP contribution in [0.5, 0.6) is 5.75 Å². The van der Waals surface area contributed by atoms with Gasteiger partial charge in [-0.05, 0) is 42.5 Å². The van der Waals surface area contributed by atoms with Crippen molar-refractivity contribution in [1.82, 2.24) is 0 Å². The maximum Gasteiger partial charge on any atom is 0.307 e. The second-order valence-electron chi connectivity index (χ2n) is 5.60. The molecule has 108 valence electrons. The number of rotatable bonds is 5. The summed E-state index contributed by atoms with van der Waals surface area (Å²) in [5.74, 6) is -0.0498. The van der Waals surface area contributed by atoms with Crippen LogP contribution < -0.4 is 4.74 Å². The van der Waals surface area contributed by atoms with Gasteiger partial charge in [0.15, 0.2) is 0 Å². The summed E-state index contributed by atoms with van der Waals surface area (Å²) in [5, 5.41) is 9.00. The molecule has 0 spiro atoms. The summed E-state index contributed by atoms with van der Waals surface area (Å²) in [7, 11) is 0. The van der Waals surface area contributed by atoms with Crippen LogP contribution in [0.15, 0.2) is 54.6 Å². The van der Waals surface area contributed by atoms with Gasteiger partial charge in [0.1, 0.15) is 11.4 Å². The van der Waals surface area contributed by atoms with Crippen LogP contribution in [0.25, 0.3) is 11.1 Å². The van der Waals surface area contributed by atoms with Crippen LogP contribution in [0, 0.1) is 0 Å². The van der Waals surface area contributed by atoms with Crippen LogP contribution in [-0.2, 0) is 4.79 Å². The van der Waals surface area contributed by atoms with Gasteiger partial charge in [-0.25, -0.2) is 0 Å². The molecule has 0 aliphatic heterocycles. The second-order valence-corrected chi connectivity index (χ2v) is 5.60. The minimum absolute atomic E-state index is 0.0768. The summed E-state index contributed by atoms with van der Waals surface area (Å²) in [5.41, 5.74) is 1.79. The largest absolute Gasteiger partial charge is 0.487 e. The fraction of sp³-hybridized carbons (Fsp3) is 0.278. The Labute approximate surface area is 124 Å². The van der Waals surface area contributed by atoms with Crippen molar-refractivity contribution in [2.24, 2.45) is 0 Å². The molecular formula is C18H18O3. The SMILES string of the molecule is O=C(O)CC1(Oc2ccc(-c3ccccc3)cc2)CCC1. The predicted molar refractivity (Wildman–Crippen MR) is 81.3 cm³/mol. The van der Waals surface area contributed by atoms with Crippen LogP contribution in [0.3, 0.4) is 0 Å². The lowest BCUT2D eigenvalue weighted by Gasteiger charge is -2.40. The highest BCUT2D eigenvalue weighted by Gasteiger charge is 2.41. The van der Waals surface area contributed by atoms with Crippen molar-refractivity contribution >= 4 is 5.97 Å². The van der Waals surface area contributed by atoms with E-state index in [2.05, 4.69) is 12.1 Å². The summed E-state index contributed by atoms with van der Waals surface area (Å²) in [6.07, 6.45) is 2.75. The average molecular weight is 282 g/mol. The molecule has 0 atom stereocenters. The molecule has 3 heteroatoms. The van der Waals surface area contributed by atoms with Gasteiger partial charge >= 0.3 is 5.97 Å². The Morgan fingerprint density at radius 2 is 1.62 bits per heavy atom. The molecule has 1 aliphatic carbocycles. The topological polar surface area (TPSA) is 46.5 Å². The van der Waals surface area contributed by atoms with E-state index in [0.717, 1.165) is 36.1 Å². The van der Waals surface area contributed by atoms with Crippen molar-refractivity contribution in [3.63, 3.8) is 0 Å². The number of hydrogen-bond acceptors (Lipinski definition) is 2. The van der Waals surface area contributed by atoms with E-state index < -0.39 is 11.6 Å². The summed E-state index contributed by atoms with van der Waals surface area (Å²) in [6.45, 7) is 0. The first-order valence-corrected chi connectivity index (χ1v) is 7.23. The lowest BCUT2D eigenvalue weighted by atomic mass is 9.77. The minimum atomic E-state index is -0.796. The zero-order valence-electron chi connectivity index (χ0n) is 11.8. The molecule has 0 saturated heterocycles. The summed E-state index contributed by atoms with van der Waals surface area (Å²) in [6, 6.07) is 18.0. The minimum Gasteiger partial charge on any atom is -0.487 e. The number of carbonyl (C=O) groups is 1. The van der Waals surface area contributed by atoms with Gasteiger partial charge in [-0.3, -0.25) is 4.79 Å². The Hall–Kier alpha value is -2.29. The zero-order valence-corrected chi connectivity index (χ0v) is 11.8. The lowest BCUT2D eigenvalue weighted by molar-refractivity contribution is -0.144. The molecule has 0 radical (unpaired) electrons. The highest BCUT2D eigenvalue weighted by atomic mass is 16.5. The van der Waals surface area contributed by atoms with Gasteiger partial charge in [-0.15, -0.1) is 0 Å². The smallest absolute Gasteiger partial charge is 0.307 e. The fourth-order valence-corrected chi connectivity index (χ4v) is 2.76. The third-order valence-corrected chi connectivity index (χ3v) is 4.03. The van der Waals surface area contributed by atoms with Gasteiger partial charge in [-0.1, -0.05) is 42.5 Å². The molecule has 2 aromatic carbocycles. The second kappa shape index (κ2) is 5.60. The zero-order chi connectivity index (χ0) is 14.7. The Bertz CT molecular complexity index is 613. The van der Waals surface area contributed by atoms with E-state index >= 15 is 0 Å². The maximum absolute atomic E-state index is 11.0. The number of carboxylic acids is 1. The molecule has 3 rings (SSSR count). The van der Waals surface area contributed by atoms with E-state index in [1.54, 1.807) is 0 Å². The quantitative estimate of drug-likeness (QED) is 0.897. The molecule has 0 heterocycles. The first-order valence-electron chi connectivity index (χ1n) is 7.23. The number of aliphatic carboxylic acids is 1. The van der Waals surface area contributed by atoms with Gasteiger partial charge in [0.25, 0.3) is 0 Å². The van der Waals surface area contributed by atoms with Crippen molar-refractivity contribution in [3.8, 4) is 16.9 Å². The van der Waals surface area contributed by atoms with Gasteiger partial charge < -0.3 is 9.84 Å². The van der Waals surface area contributed by atoms with E-state index in [1.165, 1.54) is 0 Å². The standard InChI is InChI=1S/C18H18O3/c19-17(20)13-18(11-4-12-18)21-16-9-7-15(8-10-16)14-5-2-1-3-6-14/h1-3,5-10H,4,11-13H2,(H,19,20). The molecule has 0 unspecified atom stereocenters. The van der Waals surface area contributed by atoms with Crippen molar-refractivity contribution in [2.45, 2.75) is 31.3 Å². The number of carboxylic acid groups (broad SMARTS) is 1. The average Bonchev–Trinajstić information content (AvgIpc) is 2.46. The molecule has 1 saturated carbocycles. The Morgan fingerprint density at radius 3 is 2.14 bits per heavy atom. The fourth-order valence-electron chi connectivity index (χ4n) is 2.76. The highest BCUT2D eigenvalue weighted by Crippen LogP contribution is 2.39. The molecule has 3 nitrogen and oxygen atoms in total. The first kappa shape index (κ1) is 13.7. The van der Waals surface area contributed by atoms with Crippen LogP contribution in [0.4, 0.5) is 0 Å². The molecule has 1 fully saturated rings. The van der Waals surface area contributed by atoms with Gasteiger partial charge in [0.2, 0.25) is 0 Å². The maximum atomic E-state index is 11.0. The monoisotopic (exact) mass is 282 g/mol. The van der Waals surface area contributed by atoms with Crippen molar-refractivity contribution in [3.05, 3.63) is 54.6 Å². The molecule has 0 amide bonds. The Morgan fingerprint density at radius 1 is 1.00 bits per heavy atom. The molecule has 0 bridgehead atoms. The van der Waals surface area contributed by atoms with Gasteiger partial charge in [-0.2, -0.15) is 0 Å². The number of hydrogen-bond donors (Lipinski definition) is 1. The van der Waals surface area contributed by atoms with Gasteiger partial charge in [0.05, 0.1) is 6.42 Å². The third-order valence-electron chi connectivity index (χ3n) is 4.03. The highest BCUT2D eigenvalue weighted by molar-refractivity contribution is 5.68. The molecule has 1 aliphatic rings. The van der Waals surface area contributed by atoms with Crippen molar-refractivity contribution < 1.29 is 14.6 Å². The van der Waals surface area contributed by atoms with Crippen molar-refractivity contribution in [2.75, 3.05) is 0 Å². The van der Waals surface area contributed by atoms with E-state index in [0.29, 0.717) is 0 Å². The van der Waals surface area contributed by atoms with E-state index in [9.17, 15) is 4.79 Å². The summed E-state index contributed by atoms with van der Waals surface area (Å²) >= 11 is 0. The van der Waals surface area contributed by atoms with E-state index in [1.807, 2.05) is 42.5 Å². The van der Waals surface area contributed by atoms with E-state index in [-0.39, 0.29) is 6.42 Å².